The molecule has 116 valence electrons. The molecule has 0 aliphatic heterocycles. The minimum Gasteiger partial charge on any atom is -0.310 e. The fourth-order valence-corrected chi connectivity index (χ4v) is 3.32. The molecule has 3 heteroatoms. The summed E-state index contributed by atoms with van der Waals surface area (Å²) < 4.78 is 1.88. The predicted octanol–water partition coefficient (Wildman–Crippen LogP) is 3.52. The van der Waals surface area contributed by atoms with Crippen molar-refractivity contribution < 1.29 is 0 Å². The number of hydrogen-bond donors (Lipinski definition) is 1. The van der Waals surface area contributed by atoms with E-state index in [-0.39, 0.29) is 0 Å². The molecular weight excluding hydrogens is 282 g/mol. The van der Waals surface area contributed by atoms with E-state index in [9.17, 15) is 0 Å². The molecule has 0 radical (unpaired) electrons. The molecule has 1 aliphatic rings. The maximum absolute atomic E-state index is 4.26. The maximum Gasteiger partial charge on any atom is 0.0645 e. The zero-order valence-corrected chi connectivity index (χ0v) is 13.2. The first-order chi connectivity index (χ1) is 11.4. The molecule has 1 atom stereocenters. The van der Waals surface area contributed by atoms with Crippen molar-refractivity contribution in [3.8, 4) is 5.69 Å². The highest BCUT2D eigenvalue weighted by atomic mass is 15.3. The van der Waals surface area contributed by atoms with Crippen LogP contribution in [0.1, 0.15) is 23.1 Å². The van der Waals surface area contributed by atoms with Crippen LogP contribution >= 0.6 is 0 Å². The van der Waals surface area contributed by atoms with E-state index in [4.69, 9.17) is 0 Å². The standard InChI is InChI=1S/C20H21N3/c1-2-5-18-14-19(9-8-17(18)4-1)21-15-16-6-10-20(11-7-16)23-13-3-12-22-23/h1-7,10-13,19,21H,8-9,14-15H2. The van der Waals surface area contributed by atoms with Gasteiger partial charge in [0.25, 0.3) is 0 Å². The molecule has 0 saturated heterocycles. The van der Waals surface area contributed by atoms with Crippen molar-refractivity contribution in [1.29, 1.82) is 0 Å². The molecule has 0 saturated carbocycles. The molecule has 0 fully saturated rings. The van der Waals surface area contributed by atoms with Crippen LogP contribution in [0.4, 0.5) is 0 Å². The van der Waals surface area contributed by atoms with Gasteiger partial charge in [-0.25, -0.2) is 4.68 Å². The Bertz CT molecular complexity index is 760. The van der Waals surface area contributed by atoms with E-state index in [1.807, 2.05) is 16.9 Å². The van der Waals surface area contributed by atoms with Gasteiger partial charge < -0.3 is 5.32 Å². The van der Waals surface area contributed by atoms with Gasteiger partial charge in [-0.2, -0.15) is 5.10 Å². The van der Waals surface area contributed by atoms with Gasteiger partial charge in [0.1, 0.15) is 0 Å². The SMILES string of the molecule is c1ccc2c(c1)CCC(NCc1ccc(-n3cccn3)cc1)C2. The molecule has 1 aromatic heterocycles. The van der Waals surface area contributed by atoms with Crippen molar-refractivity contribution in [1.82, 2.24) is 15.1 Å². The van der Waals surface area contributed by atoms with Gasteiger partial charge in [0.2, 0.25) is 0 Å². The van der Waals surface area contributed by atoms with E-state index in [2.05, 4.69) is 58.9 Å². The first-order valence-corrected chi connectivity index (χ1v) is 8.27. The maximum atomic E-state index is 4.26. The van der Waals surface area contributed by atoms with Gasteiger partial charge in [-0.05, 0) is 54.2 Å². The number of benzene rings is 2. The lowest BCUT2D eigenvalue weighted by Gasteiger charge is -2.25. The third kappa shape index (κ3) is 3.20. The Kier molecular flexibility index (Phi) is 3.95. The zero-order valence-electron chi connectivity index (χ0n) is 13.2. The van der Waals surface area contributed by atoms with Gasteiger partial charge in [-0.1, -0.05) is 36.4 Å². The Balaban J connectivity index is 1.36. The quantitative estimate of drug-likeness (QED) is 0.799. The number of aryl methyl sites for hydroxylation is 1. The van der Waals surface area contributed by atoms with Crippen molar-refractivity contribution in [2.45, 2.75) is 31.8 Å². The Labute approximate surface area is 137 Å². The van der Waals surface area contributed by atoms with Crippen LogP contribution in [0.15, 0.2) is 67.0 Å². The Morgan fingerprint density at radius 1 is 1.00 bits per heavy atom. The Hall–Kier alpha value is -2.39. The van der Waals surface area contributed by atoms with E-state index in [1.165, 1.54) is 29.5 Å². The highest BCUT2D eigenvalue weighted by molar-refractivity contribution is 5.34. The van der Waals surface area contributed by atoms with Crippen LogP contribution in [-0.4, -0.2) is 15.8 Å². The molecular formula is C20H21N3. The summed E-state index contributed by atoms with van der Waals surface area (Å²) in [5, 5.41) is 7.97. The number of aromatic nitrogens is 2. The summed E-state index contributed by atoms with van der Waals surface area (Å²) in [4.78, 5) is 0. The van der Waals surface area contributed by atoms with E-state index in [0.717, 1.165) is 18.7 Å². The van der Waals surface area contributed by atoms with E-state index in [1.54, 1.807) is 6.20 Å². The Morgan fingerprint density at radius 2 is 1.83 bits per heavy atom. The molecule has 1 unspecified atom stereocenters. The second kappa shape index (κ2) is 6.39. The zero-order chi connectivity index (χ0) is 15.5. The molecule has 3 aromatic rings. The van der Waals surface area contributed by atoms with E-state index < -0.39 is 0 Å². The lowest BCUT2D eigenvalue weighted by atomic mass is 9.88. The molecule has 1 N–H and O–H groups in total. The topological polar surface area (TPSA) is 29.9 Å². The van der Waals surface area contributed by atoms with Crippen LogP contribution in [0.3, 0.4) is 0 Å². The van der Waals surface area contributed by atoms with E-state index >= 15 is 0 Å². The van der Waals surface area contributed by atoms with Crippen molar-refractivity contribution in [3.05, 3.63) is 83.7 Å². The van der Waals surface area contributed by atoms with Crippen LogP contribution in [0, 0.1) is 0 Å². The minimum absolute atomic E-state index is 0.579. The lowest BCUT2D eigenvalue weighted by Crippen LogP contribution is -2.34. The third-order valence-corrected chi connectivity index (χ3v) is 4.65. The monoisotopic (exact) mass is 303 g/mol. The lowest BCUT2D eigenvalue weighted by molar-refractivity contribution is 0.457. The largest absolute Gasteiger partial charge is 0.310 e. The van der Waals surface area contributed by atoms with E-state index in [0.29, 0.717) is 6.04 Å². The molecule has 0 amide bonds. The van der Waals surface area contributed by atoms with Crippen molar-refractivity contribution in [3.63, 3.8) is 0 Å². The number of rotatable bonds is 4. The summed E-state index contributed by atoms with van der Waals surface area (Å²) >= 11 is 0. The van der Waals surface area contributed by atoms with Crippen LogP contribution in [-0.2, 0) is 19.4 Å². The molecule has 4 rings (SSSR count). The van der Waals surface area contributed by atoms with Crippen LogP contribution < -0.4 is 5.32 Å². The smallest absolute Gasteiger partial charge is 0.0645 e. The number of hydrogen-bond acceptors (Lipinski definition) is 2. The number of fused-ring (bicyclic) bond motifs is 1. The molecule has 3 nitrogen and oxygen atoms in total. The van der Waals surface area contributed by atoms with Crippen LogP contribution in [0.25, 0.3) is 5.69 Å². The summed E-state index contributed by atoms with van der Waals surface area (Å²) in [6, 6.07) is 20.0. The average Bonchev–Trinajstić information content (AvgIpc) is 3.15. The van der Waals surface area contributed by atoms with Gasteiger partial charge >= 0.3 is 0 Å². The molecule has 23 heavy (non-hydrogen) atoms. The fraction of sp³-hybridized carbons (Fsp3) is 0.250. The van der Waals surface area contributed by atoms with Gasteiger partial charge in [-0.15, -0.1) is 0 Å². The molecule has 1 aliphatic carbocycles. The molecule has 0 spiro atoms. The Morgan fingerprint density at radius 3 is 2.61 bits per heavy atom. The average molecular weight is 303 g/mol. The number of nitrogens with one attached hydrogen (secondary N) is 1. The van der Waals surface area contributed by atoms with Gasteiger partial charge in [0.15, 0.2) is 0 Å². The first kappa shape index (κ1) is 14.2. The second-order valence-corrected chi connectivity index (χ2v) is 6.21. The fourth-order valence-electron chi connectivity index (χ4n) is 3.32. The van der Waals surface area contributed by atoms with Gasteiger partial charge in [0, 0.05) is 25.0 Å². The van der Waals surface area contributed by atoms with Crippen LogP contribution in [0.2, 0.25) is 0 Å². The summed E-state index contributed by atoms with van der Waals surface area (Å²) in [6.45, 7) is 0.923. The minimum atomic E-state index is 0.579. The highest BCUT2D eigenvalue weighted by Gasteiger charge is 2.17. The first-order valence-electron chi connectivity index (χ1n) is 8.27. The van der Waals surface area contributed by atoms with Crippen molar-refractivity contribution >= 4 is 0 Å². The van der Waals surface area contributed by atoms with Crippen LogP contribution in [0.5, 0.6) is 0 Å². The summed E-state index contributed by atoms with van der Waals surface area (Å²) in [7, 11) is 0. The van der Waals surface area contributed by atoms with Gasteiger partial charge in [-0.3, -0.25) is 0 Å². The summed E-state index contributed by atoms with van der Waals surface area (Å²) in [5.41, 5.74) is 5.45. The second-order valence-electron chi connectivity index (χ2n) is 6.21. The molecule has 0 bridgehead atoms. The number of nitrogens with zero attached hydrogens (tertiary/aromatic N) is 2. The van der Waals surface area contributed by atoms with Crippen molar-refractivity contribution in [2.24, 2.45) is 0 Å². The summed E-state index contributed by atoms with van der Waals surface area (Å²) in [5.74, 6) is 0. The molecule has 1 heterocycles. The third-order valence-electron chi connectivity index (χ3n) is 4.65. The van der Waals surface area contributed by atoms with Crippen molar-refractivity contribution in [2.75, 3.05) is 0 Å². The normalized spacial score (nSPS) is 17.0. The summed E-state index contributed by atoms with van der Waals surface area (Å²) in [6.07, 6.45) is 7.32. The van der Waals surface area contributed by atoms with Gasteiger partial charge in [0.05, 0.1) is 5.69 Å². The predicted molar refractivity (Wildman–Crippen MR) is 92.7 cm³/mol. The molecule has 2 aromatic carbocycles. The highest BCUT2D eigenvalue weighted by Crippen LogP contribution is 2.21.